The summed E-state index contributed by atoms with van der Waals surface area (Å²) in [5.74, 6) is -1.94. The van der Waals surface area contributed by atoms with E-state index >= 15 is 0 Å². The Morgan fingerprint density at radius 1 is 1.00 bits per heavy atom. The highest BCUT2D eigenvalue weighted by Gasteiger charge is 2.58. The fourth-order valence-corrected chi connectivity index (χ4v) is 3.55. The van der Waals surface area contributed by atoms with Crippen molar-refractivity contribution >= 4 is 11.6 Å². The van der Waals surface area contributed by atoms with Gasteiger partial charge in [0.15, 0.2) is 17.2 Å². The molecule has 0 heterocycles. The molecule has 1 aliphatic rings. The summed E-state index contributed by atoms with van der Waals surface area (Å²) in [6, 6.07) is 0. The maximum Gasteiger partial charge on any atom is 0.176 e. The first kappa shape index (κ1) is 22.8. The number of rotatable bonds is 10. The minimum Gasteiger partial charge on any atom is -0.508 e. The molecule has 0 unspecified atom stereocenters. The number of hydrogen-bond acceptors (Lipinski definition) is 5. The minimum atomic E-state index is -2.07. The lowest BCUT2D eigenvalue weighted by molar-refractivity contribution is -0.137. The molecular weight excluding hydrogens is 332 g/mol. The van der Waals surface area contributed by atoms with Crippen LogP contribution in [0.3, 0.4) is 0 Å². The summed E-state index contributed by atoms with van der Waals surface area (Å²) >= 11 is 0. The second kappa shape index (κ2) is 9.14. The van der Waals surface area contributed by atoms with Crippen molar-refractivity contribution < 1.29 is 24.9 Å². The van der Waals surface area contributed by atoms with E-state index < -0.39 is 34.9 Å². The molecule has 1 aliphatic carbocycles. The van der Waals surface area contributed by atoms with Crippen molar-refractivity contribution in [2.24, 2.45) is 23.7 Å². The van der Waals surface area contributed by atoms with Crippen LogP contribution < -0.4 is 0 Å². The van der Waals surface area contributed by atoms with Gasteiger partial charge in [-0.15, -0.1) is 0 Å². The van der Waals surface area contributed by atoms with E-state index in [1.54, 1.807) is 0 Å². The predicted molar refractivity (Wildman–Crippen MR) is 102 cm³/mol. The van der Waals surface area contributed by atoms with E-state index in [9.17, 15) is 24.9 Å². The first-order valence-electron chi connectivity index (χ1n) is 9.84. The van der Waals surface area contributed by atoms with Gasteiger partial charge in [-0.3, -0.25) is 9.59 Å². The van der Waals surface area contributed by atoms with E-state index in [0.29, 0.717) is 31.1 Å². The lowest BCUT2D eigenvalue weighted by atomic mass is 9.78. The highest BCUT2D eigenvalue weighted by atomic mass is 16.4. The van der Waals surface area contributed by atoms with Gasteiger partial charge in [0, 0.05) is 6.42 Å². The topological polar surface area (TPSA) is 94.8 Å². The second-order valence-corrected chi connectivity index (χ2v) is 8.95. The van der Waals surface area contributed by atoms with Crippen LogP contribution in [-0.2, 0) is 9.59 Å². The van der Waals surface area contributed by atoms with Crippen LogP contribution in [0, 0.1) is 23.7 Å². The largest absolute Gasteiger partial charge is 0.508 e. The Bertz CT molecular complexity index is 547. The summed E-state index contributed by atoms with van der Waals surface area (Å²) in [5, 5.41) is 32.5. The van der Waals surface area contributed by atoms with Crippen molar-refractivity contribution in [1.82, 2.24) is 0 Å². The molecule has 0 fully saturated rings. The van der Waals surface area contributed by atoms with E-state index in [0.717, 1.165) is 0 Å². The van der Waals surface area contributed by atoms with Crippen LogP contribution in [0.15, 0.2) is 11.3 Å². The van der Waals surface area contributed by atoms with E-state index in [1.807, 2.05) is 41.5 Å². The van der Waals surface area contributed by atoms with Gasteiger partial charge in [-0.05, 0) is 37.0 Å². The summed E-state index contributed by atoms with van der Waals surface area (Å²) in [6.07, 6.45) is 0.741. The van der Waals surface area contributed by atoms with Gasteiger partial charge in [-0.2, -0.15) is 0 Å². The normalized spacial score (nSPS) is 25.0. The van der Waals surface area contributed by atoms with Gasteiger partial charge < -0.3 is 15.3 Å². The third-order valence-corrected chi connectivity index (χ3v) is 5.14. The number of aliphatic hydroxyl groups is 3. The van der Waals surface area contributed by atoms with Gasteiger partial charge in [0.25, 0.3) is 0 Å². The predicted octanol–water partition coefficient (Wildman–Crippen LogP) is 3.58. The van der Waals surface area contributed by atoms with E-state index in [1.165, 1.54) is 0 Å². The van der Waals surface area contributed by atoms with Crippen LogP contribution in [0.25, 0.3) is 0 Å². The van der Waals surface area contributed by atoms with Crippen LogP contribution in [-0.4, -0.2) is 38.6 Å². The molecule has 5 nitrogen and oxygen atoms in total. The Morgan fingerprint density at radius 3 is 2.00 bits per heavy atom. The van der Waals surface area contributed by atoms with Crippen LogP contribution in [0.1, 0.15) is 73.6 Å². The summed E-state index contributed by atoms with van der Waals surface area (Å²) in [6.45, 7) is 11.7. The lowest BCUT2D eigenvalue weighted by Crippen LogP contribution is -2.49. The Morgan fingerprint density at radius 2 is 1.54 bits per heavy atom. The molecule has 0 aromatic rings. The smallest absolute Gasteiger partial charge is 0.176 e. The van der Waals surface area contributed by atoms with Crippen molar-refractivity contribution in [3.05, 3.63) is 11.3 Å². The monoisotopic (exact) mass is 368 g/mol. The third-order valence-electron chi connectivity index (χ3n) is 5.14. The zero-order valence-electron chi connectivity index (χ0n) is 17.1. The van der Waals surface area contributed by atoms with Crippen molar-refractivity contribution in [2.45, 2.75) is 85.4 Å². The van der Waals surface area contributed by atoms with E-state index in [2.05, 4.69) is 0 Å². The molecule has 0 saturated carbocycles. The number of hydrogen-bond donors (Lipinski definition) is 3. The van der Waals surface area contributed by atoms with Gasteiger partial charge >= 0.3 is 0 Å². The second-order valence-electron chi connectivity index (χ2n) is 8.95. The van der Waals surface area contributed by atoms with Crippen molar-refractivity contribution in [3.63, 3.8) is 0 Å². The zero-order chi connectivity index (χ0) is 20.2. The molecule has 0 radical (unpaired) electrons. The fraction of sp³-hybridized carbons (Fsp3) is 0.810. The van der Waals surface area contributed by atoms with Gasteiger partial charge in [0.05, 0.1) is 12.0 Å². The molecule has 0 amide bonds. The number of Topliss-reactive ketones (excluding diaryl/α,β-unsaturated/α-hetero) is 2. The van der Waals surface area contributed by atoms with Gasteiger partial charge in [0.1, 0.15) is 11.3 Å². The summed E-state index contributed by atoms with van der Waals surface area (Å²) in [5.41, 5.74) is -2.37. The summed E-state index contributed by atoms with van der Waals surface area (Å²) in [4.78, 5) is 25.4. The molecule has 0 bridgehead atoms. The molecule has 0 saturated heterocycles. The summed E-state index contributed by atoms with van der Waals surface area (Å²) < 4.78 is 0. The maximum absolute atomic E-state index is 12.9. The van der Waals surface area contributed by atoms with Gasteiger partial charge in [-0.25, -0.2) is 0 Å². The minimum absolute atomic E-state index is 0.0317. The van der Waals surface area contributed by atoms with E-state index in [4.69, 9.17) is 0 Å². The summed E-state index contributed by atoms with van der Waals surface area (Å²) in [7, 11) is 0. The van der Waals surface area contributed by atoms with Gasteiger partial charge in [-0.1, -0.05) is 48.0 Å². The number of ketones is 2. The molecule has 3 N–H and O–H groups in total. The SMILES string of the molecule is CC(C)CC[C@H](O)[C@@]1(O)C(O)=C(C(=O)CC(C)C)C(=O)[C@@H]1CCC(C)C. The number of aliphatic hydroxyl groups excluding tert-OH is 2. The molecule has 0 aromatic carbocycles. The lowest BCUT2D eigenvalue weighted by Gasteiger charge is -2.34. The highest BCUT2D eigenvalue weighted by Crippen LogP contribution is 2.44. The molecular formula is C21H36O5. The Kier molecular flexibility index (Phi) is 8.03. The molecule has 1 rings (SSSR count). The third kappa shape index (κ3) is 4.95. The van der Waals surface area contributed by atoms with Crippen LogP contribution >= 0.6 is 0 Å². The molecule has 26 heavy (non-hydrogen) atoms. The van der Waals surface area contributed by atoms with Crippen LogP contribution in [0.2, 0.25) is 0 Å². The quantitative estimate of drug-likeness (QED) is 0.512. The first-order valence-corrected chi connectivity index (χ1v) is 9.84. The standard InChI is InChI=1S/C21H36O5/c1-12(2)7-9-15-19(24)18(16(22)11-14(5)6)20(25)21(15,26)17(23)10-8-13(3)4/h12-15,17,23,25-26H,7-11H2,1-6H3/t15-,17-,21+/m0/s1. The zero-order valence-corrected chi connectivity index (χ0v) is 17.1. The van der Waals surface area contributed by atoms with Crippen LogP contribution in [0.5, 0.6) is 0 Å². The average Bonchev–Trinajstić information content (AvgIpc) is 2.69. The molecule has 0 spiro atoms. The Balaban J connectivity index is 3.24. The maximum atomic E-state index is 12.9. The van der Waals surface area contributed by atoms with Crippen molar-refractivity contribution in [1.29, 1.82) is 0 Å². The van der Waals surface area contributed by atoms with Crippen LogP contribution in [0.4, 0.5) is 0 Å². The first-order chi connectivity index (χ1) is 11.9. The number of carbonyl (C=O) groups excluding carboxylic acids is 2. The number of carbonyl (C=O) groups is 2. The van der Waals surface area contributed by atoms with E-state index in [-0.39, 0.29) is 24.3 Å². The van der Waals surface area contributed by atoms with Crippen molar-refractivity contribution in [2.75, 3.05) is 0 Å². The molecule has 0 aliphatic heterocycles. The average molecular weight is 369 g/mol. The highest BCUT2D eigenvalue weighted by molar-refractivity contribution is 6.23. The number of allylic oxidation sites excluding steroid dienone is 1. The van der Waals surface area contributed by atoms with Crippen molar-refractivity contribution in [3.8, 4) is 0 Å². The molecule has 5 heteroatoms. The molecule has 150 valence electrons. The fourth-order valence-electron chi connectivity index (χ4n) is 3.55. The Hall–Kier alpha value is -1.20. The molecule has 0 aromatic heterocycles. The Labute approximate surface area is 157 Å². The van der Waals surface area contributed by atoms with Gasteiger partial charge in [0.2, 0.25) is 0 Å². The molecule has 3 atom stereocenters.